The Bertz CT molecular complexity index is 809. The molecule has 0 aliphatic heterocycles. The number of amides is 1. The number of rotatable bonds is 4. The molecule has 4 nitrogen and oxygen atoms in total. The lowest BCUT2D eigenvalue weighted by Gasteiger charge is -2.09. The minimum Gasteiger partial charge on any atom is -0.290 e. The smallest absolute Gasteiger partial charge is 0.265 e. The number of hydrogen-bond donors (Lipinski definition) is 2. The van der Waals surface area contributed by atoms with Crippen LogP contribution in [0, 0.1) is 0 Å². The number of aromatic nitrogens is 1. The first-order valence-corrected chi connectivity index (χ1v) is 7.21. The minimum absolute atomic E-state index is 0.254. The van der Waals surface area contributed by atoms with Crippen molar-refractivity contribution in [2.24, 2.45) is 5.84 Å². The van der Waals surface area contributed by atoms with Crippen LogP contribution in [0.5, 0.6) is 0 Å². The number of benzene rings is 2. The normalized spacial score (nSPS) is 10.6. The van der Waals surface area contributed by atoms with E-state index in [0.717, 1.165) is 29.3 Å². The summed E-state index contributed by atoms with van der Waals surface area (Å²) in [5, 5.41) is 1.16. The molecule has 0 bridgehead atoms. The maximum atomic E-state index is 11.8. The number of nitrogen functional groups attached to an aromatic ring is 1. The van der Waals surface area contributed by atoms with Gasteiger partial charge in [0.15, 0.2) is 0 Å². The number of aryl methyl sites for hydroxylation is 2. The van der Waals surface area contributed by atoms with E-state index in [2.05, 4.69) is 16.5 Å². The first kappa shape index (κ1) is 14.2. The highest BCUT2D eigenvalue weighted by molar-refractivity contribution is 5.95. The van der Waals surface area contributed by atoms with Gasteiger partial charge < -0.3 is 0 Å². The SMILES string of the molecule is NNC(=O)c1ccccc1CCc1ccnc2ccccc12. The second-order valence-corrected chi connectivity index (χ2v) is 5.12. The number of hydrazine groups is 1. The summed E-state index contributed by atoms with van der Waals surface area (Å²) < 4.78 is 0. The summed E-state index contributed by atoms with van der Waals surface area (Å²) in [6.45, 7) is 0. The molecule has 1 heterocycles. The third-order valence-electron chi connectivity index (χ3n) is 3.80. The monoisotopic (exact) mass is 291 g/mol. The minimum atomic E-state index is -0.254. The number of para-hydroxylation sites is 1. The molecule has 2 aromatic carbocycles. The van der Waals surface area contributed by atoms with Gasteiger partial charge in [-0.1, -0.05) is 36.4 Å². The van der Waals surface area contributed by atoms with Gasteiger partial charge in [-0.2, -0.15) is 0 Å². The molecular weight excluding hydrogens is 274 g/mol. The van der Waals surface area contributed by atoms with E-state index in [1.54, 1.807) is 6.07 Å². The molecular formula is C18H17N3O. The number of carbonyl (C=O) groups excluding carboxylic acids is 1. The molecule has 0 aliphatic rings. The standard InChI is InChI=1S/C18H17N3O/c19-21-18(22)16-7-2-1-5-13(16)9-10-14-11-12-20-17-8-4-3-6-15(14)17/h1-8,11-12H,9-10,19H2,(H,21,22). The lowest BCUT2D eigenvalue weighted by atomic mass is 9.98. The Kier molecular flexibility index (Phi) is 4.12. The highest BCUT2D eigenvalue weighted by atomic mass is 16.2. The van der Waals surface area contributed by atoms with E-state index in [1.807, 2.05) is 48.7 Å². The summed E-state index contributed by atoms with van der Waals surface area (Å²) in [5.74, 6) is 4.99. The Labute approximate surface area is 129 Å². The molecule has 0 unspecified atom stereocenters. The lowest BCUT2D eigenvalue weighted by Crippen LogP contribution is -2.30. The number of hydrogen-bond acceptors (Lipinski definition) is 3. The molecule has 1 aromatic heterocycles. The zero-order valence-corrected chi connectivity index (χ0v) is 12.1. The highest BCUT2D eigenvalue weighted by Gasteiger charge is 2.10. The van der Waals surface area contributed by atoms with Crippen LogP contribution in [0.4, 0.5) is 0 Å². The zero-order chi connectivity index (χ0) is 15.4. The topological polar surface area (TPSA) is 68.0 Å². The summed E-state index contributed by atoms with van der Waals surface area (Å²) >= 11 is 0. The average molecular weight is 291 g/mol. The van der Waals surface area contributed by atoms with Crippen molar-refractivity contribution < 1.29 is 4.79 Å². The molecule has 0 radical (unpaired) electrons. The molecule has 0 saturated carbocycles. The maximum absolute atomic E-state index is 11.8. The number of nitrogens with zero attached hydrogens (tertiary/aromatic N) is 1. The molecule has 3 N–H and O–H groups in total. The van der Waals surface area contributed by atoms with E-state index in [-0.39, 0.29) is 5.91 Å². The summed E-state index contributed by atoms with van der Waals surface area (Å²) in [6, 6.07) is 17.7. The summed E-state index contributed by atoms with van der Waals surface area (Å²) in [4.78, 5) is 16.2. The second-order valence-electron chi connectivity index (χ2n) is 5.12. The van der Waals surface area contributed by atoms with E-state index in [9.17, 15) is 4.79 Å². The van der Waals surface area contributed by atoms with E-state index in [1.165, 1.54) is 5.56 Å². The van der Waals surface area contributed by atoms with Crippen molar-refractivity contribution in [3.05, 3.63) is 77.5 Å². The van der Waals surface area contributed by atoms with Gasteiger partial charge in [-0.3, -0.25) is 15.2 Å². The van der Waals surface area contributed by atoms with Crippen molar-refractivity contribution in [2.45, 2.75) is 12.8 Å². The predicted molar refractivity (Wildman–Crippen MR) is 87.2 cm³/mol. The Morgan fingerprint density at radius 3 is 2.55 bits per heavy atom. The summed E-state index contributed by atoms with van der Waals surface area (Å²) in [6.07, 6.45) is 3.45. The molecule has 110 valence electrons. The Morgan fingerprint density at radius 2 is 1.68 bits per heavy atom. The second kappa shape index (κ2) is 6.37. The van der Waals surface area contributed by atoms with Gasteiger partial charge in [-0.25, -0.2) is 5.84 Å². The number of pyridine rings is 1. The highest BCUT2D eigenvalue weighted by Crippen LogP contribution is 2.19. The predicted octanol–water partition coefficient (Wildman–Crippen LogP) is 2.62. The van der Waals surface area contributed by atoms with E-state index >= 15 is 0 Å². The molecule has 1 amide bonds. The number of nitrogens with two attached hydrogens (primary N) is 1. The van der Waals surface area contributed by atoms with Crippen LogP contribution in [0.3, 0.4) is 0 Å². The van der Waals surface area contributed by atoms with Crippen LogP contribution < -0.4 is 11.3 Å². The van der Waals surface area contributed by atoms with Crippen molar-refractivity contribution in [2.75, 3.05) is 0 Å². The van der Waals surface area contributed by atoms with Gasteiger partial charge in [0.2, 0.25) is 0 Å². The van der Waals surface area contributed by atoms with Crippen LogP contribution in [0.15, 0.2) is 60.8 Å². The molecule has 0 spiro atoms. The van der Waals surface area contributed by atoms with Crippen molar-refractivity contribution in [1.29, 1.82) is 0 Å². The van der Waals surface area contributed by atoms with Crippen LogP contribution in [0.2, 0.25) is 0 Å². The van der Waals surface area contributed by atoms with Crippen LogP contribution in [-0.2, 0) is 12.8 Å². The molecule has 4 heteroatoms. The molecule has 3 aromatic rings. The lowest BCUT2D eigenvalue weighted by molar-refractivity contribution is 0.0952. The van der Waals surface area contributed by atoms with E-state index in [4.69, 9.17) is 5.84 Å². The third kappa shape index (κ3) is 2.82. The van der Waals surface area contributed by atoms with Crippen molar-refractivity contribution >= 4 is 16.8 Å². The quantitative estimate of drug-likeness (QED) is 0.441. The average Bonchev–Trinajstić information content (AvgIpc) is 2.59. The fourth-order valence-corrected chi connectivity index (χ4v) is 2.68. The van der Waals surface area contributed by atoms with Gasteiger partial charge in [-0.15, -0.1) is 0 Å². The molecule has 22 heavy (non-hydrogen) atoms. The van der Waals surface area contributed by atoms with Gasteiger partial charge in [0.1, 0.15) is 0 Å². The van der Waals surface area contributed by atoms with Crippen molar-refractivity contribution in [3.8, 4) is 0 Å². The van der Waals surface area contributed by atoms with Crippen LogP contribution in [-0.4, -0.2) is 10.9 Å². The van der Waals surface area contributed by atoms with Crippen LogP contribution >= 0.6 is 0 Å². The van der Waals surface area contributed by atoms with E-state index in [0.29, 0.717) is 5.56 Å². The summed E-state index contributed by atoms with van der Waals surface area (Å²) in [7, 11) is 0. The number of fused-ring (bicyclic) bond motifs is 1. The molecule has 0 aliphatic carbocycles. The molecule has 0 fully saturated rings. The van der Waals surface area contributed by atoms with Gasteiger partial charge in [0.05, 0.1) is 5.52 Å². The third-order valence-corrected chi connectivity index (χ3v) is 3.80. The molecule has 0 atom stereocenters. The first-order chi connectivity index (χ1) is 10.8. The zero-order valence-electron chi connectivity index (χ0n) is 12.1. The van der Waals surface area contributed by atoms with Crippen molar-refractivity contribution in [3.63, 3.8) is 0 Å². The van der Waals surface area contributed by atoms with Gasteiger partial charge >= 0.3 is 0 Å². The number of nitrogens with one attached hydrogen (secondary N) is 1. The van der Waals surface area contributed by atoms with Gasteiger partial charge in [0, 0.05) is 17.1 Å². The first-order valence-electron chi connectivity index (χ1n) is 7.21. The Balaban J connectivity index is 1.88. The van der Waals surface area contributed by atoms with Gasteiger partial charge in [0.25, 0.3) is 5.91 Å². The Morgan fingerprint density at radius 1 is 0.955 bits per heavy atom. The Hall–Kier alpha value is -2.72. The summed E-state index contributed by atoms with van der Waals surface area (Å²) in [5.41, 5.74) is 6.04. The van der Waals surface area contributed by atoms with E-state index < -0.39 is 0 Å². The fraction of sp³-hybridized carbons (Fsp3) is 0.111. The van der Waals surface area contributed by atoms with Crippen molar-refractivity contribution in [1.82, 2.24) is 10.4 Å². The fourth-order valence-electron chi connectivity index (χ4n) is 2.68. The van der Waals surface area contributed by atoms with Gasteiger partial charge in [-0.05, 0) is 42.2 Å². The maximum Gasteiger partial charge on any atom is 0.265 e. The number of carbonyl (C=O) groups is 1. The van der Waals surface area contributed by atoms with Crippen LogP contribution in [0.25, 0.3) is 10.9 Å². The largest absolute Gasteiger partial charge is 0.290 e. The van der Waals surface area contributed by atoms with Crippen LogP contribution in [0.1, 0.15) is 21.5 Å². The molecule has 0 saturated heterocycles. The molecule has 3 rings (SSSR count).